The van der Waals surface area contributed by atoms with Crippen LogP contribution in [0.4, 0.5) is 8.78 Å². The predicted octanol–water partition coefficient (Wildman–Crippen LogP) is 4.41. The van der Waals surface area contributed by atoms with E-state index in [1.54, 1.807) is 4.90 Å². The fraction of sp³-hybridized carbons (Fsp3) is 0.278. The standard InChI is InChI=1S/C18H19F2NO/c1-3-13(2)21(12-14-7-5-4-6-8-14)18(22)15-9-16(19)11-17(20)10-15/h4-11,13H,3,12H2,1-2H3. The SMILES string of the molecule is CCC(C)N(Cc1ccccc1)C(=O)c1cc(F)cc(F)c1. The van der Waals surface area contributed by atoms with Gasteiger partial charge in [0, 0.05) is 24.2 Å². The third-order valence-electron chi connectivity index (χ3n) is 3.69. The van der Waals surface area contributed by atoms with E-state index in [0.717, 1.165) is 30.2 Å². The lowest BCUT2D eigenvalue weighted by Crippen LogP contribution is -2.37. The first-order chi connectivity index (χ1) is 10.5. The van der Waals surface area contributed by atoms with Crippen LogP contribution < -0.4 is 0 Å². The summed E-state index contributed by atoms with van der Waals surface area (Å²) in [6.07, 6.45) is 0.760. The Hall–Kier alpha value is -2.23. The molecule has 0 saturated heterocycles. The lowest BCUT2D eigenvalue weighted by atomic mass is 10.1. The average Bonchev–Trinajstić information content (AvgIpc) is 2.51. The summed E-state index contributed by atoms with van der Waals surface area (Å²) in [6.45, 7) is 4.31. The van der Waals surface area contributed by atoms with Gasteiger partial charge in [0.25, 0.3) is 5.91 Å². The summed E-state index contributed by atoms with van der Waals surface area (Å²) in [6, 6.07) is 12.4. The Labute approximate surface area is 129 Å². The second-order valence-corrected chi connectivity index (χ2v) is 5.33. The predicted molar refractivity (Wildman–Crippen MR) is 82.4 cm³/mol. The van der Waals surface area contributed by atoms with Crippen LogP contribution in [0.2, 0.25) is 0 Å². The van der Waals surface area contributed by atoms with E-state index in [2.05, 4.69) is 0 Å². The molecule has 2 aromatic carbocycles. The normalized spacial score (nSPS) is 12.0. The molecule has 0 aliphatic heterocycles. The number of carbonyl (C=O) groups excluding carboxylic acids is 1. The lowest BCUT2D eigenvalue weighted by molar-refractivity contribution is 0.0670. The fourth-order valence-electron chi connectivity index (χ4n) is 2.27. The molecule has 22 heavy (non-hydrogen) atoms. The van der Waals surface area contributed by atoms with Crippen molar-refractivity contribution in [2.24, 2.45) is 0 Å². The molecule has 0 fully saturated rings. The number of carbonyl (C=O) groups is 1. The van der Waals surface area contributed by atoms with Crippen LogP contribution in [0.15, 0.2) is 48.5 Å². The maximum absolute atomic E-state index is 13.4. The number of halogens is 2. The van der Waals surface area contributed by atoms with Crippen molar-refractivity contribution < 1.29 is 13.6 Å². The first-order valence-corrected chi connectivity index (χ1v) is 7.32. The zero-order valence-electron chi connectivity index (χ0n) is 12.7. The Balaban J connectivity index is 2.30. The molecule has 0 aliphatic rings. The summed E-state index contributed by atoms with van der Waals surface area (Å²) in [4.78, 5) is 14.3. The number of benzene rings is 2. The molecule has 2 aromatic rings. The van der Waals surface area contributed by atoms with Gasteiger partial charge in [0.15, 0.2) is 0 Å². The summed E-state index contributed by atoms with van der Waals surface area (Å²) in [7, 11) is 0. The first-order valence-electron chi connectivity index (χ1n) is 7.32. The summed E-state index contributed by atoms with van der Waals surface area (Å²) in [5.41, 5.74) is 1.02. The zero-order valence-corrected chi connectivity index (χ0v) is 12.7. The number of rotatable bonds is 5. The van der Waals surface area contributed by atoms with Crippen LogP contribution in [0.5, 0.6) is 0 Å². The van der Waals surface area contributed by atoms with Crippen LogP contribution in [0.25, 0.3) is 0 Å². The first kappa shape index (κ1) is 16.1. The highest BCUT2D eigenvalue weighted by molar-refractivity contribution is 5.94. The van der Waals surface area contributed by atoms with Crippen molar-refractivity contribution in [3.05, 3.63) is 71.3 Å². The molecule has 1 atom stereocenters. The molecule has 0 aromatic heterocycles. The Morgan fingerprint density at radius 1 is 1.09 bits per heavy atom. The molecule has 116 valence electrons. The zero-order chi connectivity index (χ0) is 16.1. The topological polar surface area (TPSA) is 20.3 Å². The largest absolute Gasteiger partial charge is 0.332 e. The van der Waals surface area contributed by atoms with Crippen molar-refractivity contribution in [1.29, 1.82) is 0 Å². The Morgan fingerprint density at radius 2 is 1.68 bits per heavy atom. The summed E-state index contributed by atoms with van der Waals surface area (Å²) in [5.74, 6) is -1.85. The van der Waals surface area contributed by atoms with Gasteiger partial charge in [0.2, 0.25) is 0 Å². The smallest absolute Gasteiger partial charge is 0.254 e. The van der Waals surface area contributed by atoms with Gasteiger partial charge in [-0.15, -0.1) is 0 Å². The maximum atomic E-state index is 13.4. The molecular formula is C18H19F2NO. The average molecular weight is 303 g/mol. The van der Waals surface area contributed by atoms with E-state index in [0.29, 0.717) is 6.54 Å². The van der Waals surface area contributed by atoms with Crippen LogP contribution in [0.1, 0.15) is 36.2 Å². The van der Waals surface area contributed by atoms with Crippen molar-refractivity contribution in [3.8, 4) is 0 Å². The number of hydrogen-bond acceptors (Lipinski definition) is 1. The molecule has 0 N–H and O–H groups in total. The molecule has 1 unspecified atom stereocenters. The van der Waals surface area contributed by atoms with E-state index in [1.165, 1.54) is 0 Å². The molecule has 2 rings (SSSR count). The monoisotopic (exact) mass is 303 g/mol. The van der Waals surface area contributed by atoms with Gasteiger partial charge in [-0.05, 0) is 31.0 Å². The third kappa shape index (κ3) is 3.91. The second-order valence-electron chi connectivity index (χ2n) is 5.33. The van der Waals surface area contributed by atoms with Gasteiger partial charge in [-0.2, -0.15) is 0 Å². The van der Waals surface area contributed by atoms with E-state index in [4.69, 9.17) is 0 Å². The molecule has 2 nitrogen and oxygen atoms in total. The Morgan fingerprint density at radius 3 is 2.23 bits per heavy atom. The van der Waals surface area contributed by atoms with Crippen molar-refractivity contribution in [1.82, 2.24) is 4.90 Å². The van der Waals surface area contributed by atoms with E-state index in [9.17, 15) is 13.6 Å². The molecule has 0 spiro atoms. The molecular weight excluding hydrogens is 284 g/mol. The van der Waals surface area contributed by atoms with Gasteiger partial charge in [-0.1, -0.05) is 37.3 Å². The second kappa shape index (κ2) is 7.16. The molecule has 4 heteroatoms. The minimum Gasteiger partial charge on any atom is -0.332 e. The third-order valence-corrected chi connectivity index (χ3v) is 3.69. The number of hydrogen-bond donors (Lipinski definition) is 0. The van der Waals surface area contributed by atoms with E-state index < -0.39 is 11.6 Å². The van der Waals surface area contributed by atoms with Crippen LogP contribution >= 0.6 is 0 Å². The quantitative estimate of drug-likeness (QED) is 0.801. The van der Waals surface area contributed by atoms with E-state index >= 15 is 0 Å². The van der Waals surface area contributed by atoms with E-state index in [1.807, 2.05) is 44.2 Å². The highest BCUT2D eigenvalue weighted by Gasteiger charge is 2.21. The van der Waals surface area contributed by atoms with Crippen molar-refractivity contribution in [3.63, 3.8) is 0 Å². The molecule has 0 aliphatic carbocycles. The van der Waals surface area contributed by atoms with Crippen LogP contribution in [0, 0.1) is 11.6 Å². The van der Waals surface area contributed by atoms with Gasteiger partial charge in [0.05, 0.1) is 0 Å². The summed E-state index contributed by atoms with van der Waals surface area (Å²) >= 11 is 0. The summed E-state index contributed by atoms with van der Waals surface area (Å²) < 4.78 is 26.7. The van der Waals surface area contributed by atoms with Gasteiger partial charge in [-0.25, -0.2) is 8.78 Å². The Kier molecular flexibility index (Phi) is 5.26. The minimum absolute atomic E-state index is 0.0287. The van der Waals surface area contributed by atoms with Gasteiger partial charge >= 0.3 is 0 Å². The van der Waals surface area contributed by atoms with Gasteiger partial charge < -0.3 is 4.90 Å². The molecule has 1 amide bonds. The molecule has 0 heterocycles. The van der Waals surface area contributed by atoms with Crippen molar-refractivity contribution in [2.45, 2.75) is 32.9 Å². The van der Waals surface area contributed by atoms with Crippen molar-refractivity contribution in [2.75, 3.05) is 0 Å². The van der Waals surface area contributed by atoms with E-state index in [-0.39, 0.29) is 17.5 Å². The van der Waals surface area contributed by atoms with Crippen LogP contribution in [-0.4, -0.2) is 16.8 Å². The highest BCUT2D eigenvalue weighted by Crippen LogP contribution is 2.17. The lowest BCUT2D eigenvalue weighted by Gasteiger charge is -2.29. The molecule has 0 radical (unpaired) electrons. The number of nitrogens with zero attached hydrogens (tertiary/aromatic N) is 1. The van der Waals surface area contributed by atoms with Crippen LogP contribution in [0.3, 0.4) is 0 Å². The van der Waals surface area contributed by atoms with Crippen LogP contribution in [-0.2, 0) is 6.54 Å². The summed E-state index contributed by atoms with van der Waals surface area (Å²) in [5, 5.41) is 0. The molecule has 0 saturated carbocycles. The van der Waals surface area contributed by atoms with Gasteiger partial charge in [-0.3, -0.25) is 4.79 Å². The Bertz CT molecular complexity index is 623. The van der Waals surface area contributed by atoms with Crippen molar-refractivity contribution >= 4 is 5.91 Å². The minimum atomic E-state index is -0.743. The van der Waals surface area contributed by atoms with Gasteiger partial charge in [0.1, 0.15) is 11.6 Å². The fourth-order valence-corrected chi connectivity index (χ4v) is 2.27. The molecule has 0 bridgehead atoms. The maximum Gasteiger partial charge on any atom is 0.254 e. The number of amides is 1. The highest BCUT2D eigenvalue weighted by atomic mass is 19.1.